The van der Waals surface area contributed by atoms with Gasteiger partial charge in [0.25, 0.3) is 0 Å². The Morgan fingerprint density at radius 1 is 1.61 bits per heavy atom. The summed E-state index contributed by atoms with van der Waals surface area (Å²) in [7, 11) is 1.54. The van der Waals surface area contributed by atoms with Crippen LogP contribution in [-0.2, 0) is 4.79 Å². The van der Waals surface area contributed by atoms with Gasteiger partial charge >= 0.3 is 5.97 Å². The summed E-state index contributed by atoms with van der Waals surface area (Å²) in [6, 6.07) is 5.31. The van der Waals surface area contributed by atoms with E-state index in [-0.39, 0.29) is 6.42 Å². The lowest BCUT2D eigenvalue weighted by atomic mass is 9.88. The van der Waals surface area contributed by atoms with Crippen LogP contribution in [0.1, 0.15) is 6.42 Å². The Morgan fingerprint density at radius 2 is 2.33 bits per heavy atom. The molecule has 1 aliphatic heterocycles. The first kappa shape index (κ1) is 13.0. The normalized spacial score (nSPS) is 16.8. The highest BCUT2D eigenvalue weighted by atomic mass is 35.5. The van der Waals surface area contributed by atoms with Crippen molar-refractivity contribution in [2.45, 2.75) is 12.0 Å². The maximum absolute atomic E-state index is 10.9. The molecule has 0 amide bonds. The first-order chi connectivity index (χ1) is 8.54. The molecule has 0 aromatic heterocycles. The minimum absolute atomic E-state index is 0.0743. The molecule has 0 unspecified atom stereocenters. The number of rotatable bonds is 5. The van der Waals surface area contributed by atoms with Crippen LogP contribution in [0.2, 0.25) is 5.02 Å². The van der Waals surface area contributed by atoms with E-state index in [1.165, 1.54) is 0 Å². The average molecular weight is 271 g/mol. The number of halogens is 1. The number of benzene rings is 1. The maximum atomic E-state index is 10.9. The van der Waals surface area contributed by atoms with Crippen LogP contribution in [0.25, 0.3) is 0 Å². The minimum Gasteiger partial charge on any atom is -0.495 e. The molecule has 0 radical (unpaired) electrons. The van der Waals surface area contributed by atoms with E-state index in [1.54, 1.807) is 19.2 Å². The quantitative estimate of drug-likeness (QED) is 0.758. The first-order valence-electron chi connectivity index (χ1n) is 5.59. The Labute approximate surface area is 110 Å². The standard InChI is InChI=1S/C12H15ClN2O3/c1-18-10-4-8(2-3-9(10)13)15-12(5-11(16)17)6-14-7-12/h2-4,14-15H,5-7H2,1H3,(H,16,17). The fraction of sp³-hybridized carbons (Fsp3) is 0.417. The Kier molecular flexibility index (Phi) is 3.63. The molecule has 3 N–H and O–H groups in total. The molecule has 1 aliphatic rings. The van der Waals surface area contributed by atoms with Gasteiger partial charge in [0.05, 0.1) is 24.1 Å². The third-order valence-electron chi connectivity index (χ3n) is 2.98. The van der Waals surface area contributed by atoms with Crippen molar-refractivity contribution in [1.29, 1.82) is 0 Å². The van der Waals surface area contributed by atoms with Crippen molar-refractivity contribution in [2.75, 3.05) is 25.5 Å². The SMILES string of the molecule is COc1cc(NC2(CC(=O)O)CNC2)ccc1Cl. The van der Waals surface area contributed by atoms with Gasteiger partial charge in [-0.1, -0.05) is 11.6 Å². The number of hydrogen-bond donors (Lipinski definition) is 3. The Bertz CT molecular complexity index is 461. The smallest absolute Gasteiger partial charge is 0.305 e. The number of anilines is 1. The van der Waals surface area contributed by atoms with Crippen LogP contribution in [0.15, 0.2) is 18.2 Å². The lowest BCUT2D eigenvalue weighted by molar-refractivity contribution is -0.138. The summed E-state index contributed by atoms with van der Waals surface area (Å²) < 4.78 is 5.13. The van der Waals surface area contributed by atoms with Gasteiger partial charge in [-0.3, -0.25) is 4.79 Å². The summed E-state index contributed by atoms with van der Waals surface area (Å²) in [6.45, 7) is 1.26. The molecular formula is C12H15ClN2O3. The number of carbonyl (C=O) groups is 1. The van der Waals surface area contributed by atoms with Crippen LogP contribution in [0, 0.1) is 0 Å². The highest BCUT2D eigenvalue weighted by molar-refractivity contribution is 6.32. The maximum Gasteiger partial charge on any atom is 0.305 e. The molecule has 0 saturated carbocycles. The number of nitrogens with one attached hydrogen (secondary N) is 2. The van der Waals surface area contributed by atoms with Crippen molar-refractivity contribution >= 4 is 23.3 Å². The molecular weight excluding hydrogens is 256 g/mol. The van der Waals surface area contributed by atoms with Crippen molar-refractivity contribution in [3.05, 3.63) is 23.2 Å². The van der Waals surface area contributed by atoms with Crippen molar-refractivity contribution < 1.29 is 14.6 Å². The van der Waals surface area contributed by atoms with Gasteiger partial charge in [-0.25, -0.2) is 0 Å². The van der Waals surface area contributed by atoms with Crippen molar-refractivity contribution in [3.63, 3.8) is 0 Å². The fourth-order valence-electron chi connectivity index (χ4n) is 2.02. The number of carboxylic acid groups (broad SMARTS) is 1. The molecule has 0 atom stereocenters. The molecule has 0 bridgehead atoms. The van der Waals surface area contributed by atoms with Gasteiger partial charge in [0.15, 0.2) is 0 Å². The molecule has 18 heavy (non-hydrogen) atoms. The zero-order valence-electron chi connectivity index (χ0n) is 10.00. The molecule has 2 rings (SSSR count). The van der Waals surface area contributed by atoms with E-state index in [0.29, 0.717) is 23.9 Å². The lowest BCUT2D eigenvalue weighted by Gasteiger charge is -2.43. The number of carboxylic acids is 1. The summed E-state index contributed by atoms with van der Waals surface area (Å²) >= 11 is 5.94. The fourth-order valence-corrected chi connectivity index (χ4v) is 2.21. The van der Waals surface area contributed by atoms with Gasteiger partial charge in [-0.2, -0.15) is 0 Å². The van der Waals surface area contributed by atoms with E-state index in [2.05, 4.69) is 10.6 Å². The molecule has 1 fully saturated rings. The number of methoxy groups -OCH3 is 1. The summed E-state index contributed by atoms with van der Waals surface area (Å²) in [6.07, 6.45) is 0.0743. The van der Waals surface area contributed by atoms with Gasteiger partial charge in [-0.05, 0) is 12.1 Å². The lowest BCUT2D eigenvalue weighted by Crippen LogP contribution is -2.65. The predicted molar refractivity (Wildman–Crippen MR) is 69.5 cm³/mol. The topological polar surface area (TPSA) is 70.6 Å². The van der Waals surface area contributed by atoms with Crippen molar-refractivity contribution in [2.24, 2.45) is 0 Å². The molecule has 1 heterocycles. The third kappa shape index (κ3) is 2.68. The van der Waals surface area contributed by atoms with Crippen LogP contribution in [0.4, 0.5) is 5.69 Å². The van der Waals surface area contributed by atoms with Crippen molar-refractivity contribution in [3.8, 4) is 5.75 Å². The molecule has 98 valence electrons. The highest BCUT2D eigenvalue weighted by Crippen LogP contribution is 2.30. The summed E-state index contributed by atoms with van der Waals surface area (Å²) in [5.74, 6) is -0.246. The average Bonchev–Trinajstić information content (AvgIpc) is 2.28. The molecule has 6 heteroatoms. The Hall–Kier alpha value is -1.46. The second-order valence-corrected chi connectivity index (χ2v) is 4.84. The largest absolute Gasteiger partial charge is 0.495 e. The van der Waals surface area contributed by atoms with E-state index in [4.69, 9.17) is 21.4 Å². The minimum atomic E-state index is -0.815. The van der Waals surface area contributed by atoms with E-state index >= 15 is 0 Å². The predicted octanol–water partition coefficient (Wildman–Crippen LogP) is 1.58. The molecule has 1 aromatic rings. The van der Waals surface area contributed by atoms with Crippen LogP contribution >= 0.6 is 11.6 Å². The van der Waals surface area contributed by atoms with Crippen LogP contribution in [0.5, 0.6) is 5.75 Å². The molecule has 0 aliphatic carbocycles. The first-order valence-corrected chi connectivity index (χ1v) is 5.97. The van der Waals surface area contributed by atoms with Gasteiger partial charge in [-0.15, -0.1) is 0 Å². The number of ether oxygens (including phenoxy) is 1. The van der Waals surface area contributed by atoms with Crippen LogP contribution in [0.3, 0.4) is 0 Å². The van der Waals surface area contributed by atoms with Crippen LogP contribution in [-0.4, -0.2) is 36.8 Å². The zero-order valence-corrected chi connectivity index (χ0v) is 10.8. The van der Waals surface area contributed by atoms with Crippen molar-refractivity contribution in [1.82, 2.24) is 5.32 Å². The summed E-state index contributed by atoms with van der Waals surface area (Å²) in [4.78, 5) is 10.9. The Balaban J connectivity index is 2.14. The molecule has 5 nitrogen and oxygen atoms in total. The van der Waals surface area contributed by atoms with E-state index in [0.717, 1.165) is 5.69 Å². The van der Waals surface area contributed by atoms with E-state index < -0.39 is 11.5 Å². The van der Waals surface area contributed by atoms with Crippen LogP contribution < -0.4 is 15.4 Å². The van der Waals surface area contributed by atoms with E-state index in [1.807, 2.05) is 6.07 Å². The molecule has 1 aromatic carbocycles. The van der Waals surface area contributed by atoms with Gasteiger partial charge in [0.2, 0.25) is 0 Å². The van der Waals surface area contributed by atoms with E-state index in [9.17, 15) is 4.79 Å². The zero-order chi connectivity index (χ0) is 13.2. The van der Waals surface area contributed by atoms with Gasteiger partial charge < -0.3 is 20.5 Å². The highest BCUT2D eigenvalue weighted by Gasteiger charge is 2.39. The second kappa shape index (κ2) is 5.04. The monoisotopic (exact) mass is 270 g/mol. The summed E-state index contributed by atoms with van der Waals surface area (Å²) in [5, 5.41) is 15.8. The molecule has 0 spiro atoms. The number of aliphatic carboxylic acids is 1. The molecule has 1 saturated heterocycles. The number of hydrogen-bond acceptors (Lipinski definition) is 4. The second-order valence-electron chi connectivity index (χ2n) is 4.43. The Morgan fingerprint density at radius 3 is 2.83 bits per heavy atom. The van der Waals surface area contributed by atoms with Gasteiger partial charge in [0.1, 0.15) is 5.75 Å². The van der Waals surface area contributed by atoms with Gasteiger partial charge in [0, 0.05) is 24.8 Å². The summed E-state index contributed by atoms with van der Waals surface area (Å²) in [5.41, 5.74) is 0.379. The third-order valence-corrected chi connectivity index (χ3v) is 3.29.